The van der Waals surface area contributed by atoms with Crippen LogP contribution in [0.15, 0.2) is 66.7 Å². The number of fused-ring (bicyclic) bond motifs is 1. The summed E-state index contributed by atoms with van der Waals surface area (Å²) in [4.78, 5) is 4.93. The normalized spacial score (nSPS) is 11.1. The Bertz CT molecular complexity index is 1090. The Hall–Kier alpha value is -3.07. The number of ether oxygens (including phenoxy) is 1. The van der Waals surface area contributed by atoms with Crippen molar-refractivity contribution in [2.75, 3.05) is 6.61 Å². The maximum atomic E-state index is 6.11. The summed E-state index contributed by atoms with van der Waals surface area (Å²) in [6.07, 6.45) is 0.924. The number of rotatable bonds is 6. The van der Waals surface area contributed by atoms with Crippen LogP contribution in [0, 0.1) is 20.8 Å². The van der Waals surface area contributed by atoms with E-state index in [1.807, 2.05) is 6.07 Å². The van der Waals surface area contributed by atoms with Crippen molar-refractivity contribution in [2.45, 2.75) is 33.7 Å². The molecule has 0 N–H and O–H groups in total. The van der Waals surface area contributed by atoms with E-state index in [1.54, 1.807) is 0 Å². The van der Waals surface area contributed by atoms with Crippen LogP contribution in [-0.2, 0) is 6.54 Å². The summed E-state index contributed by atoms with van der Waals surface area (Å²) in [5.74, 6) is 2.04. The highest BCUT2D eigenvalue weighted by Crippen LogP contribution is 2.28. The van der Waals surface area contributed by atoms with Gasteiger partial charge in [0.05, 0.1) is 17.6 Å². The Labute approximate surface area is 166 Å². The zero-order valence-electron chi connectivity index (χ0n) is 16.8. The molecule has 3 aromatic carbocycles. The number of aryl methyl sites for hydroxylation is 4. The Morgan fingerprint density at radius 3 is 2.25 bits per heavy atom. The standard InChI is InChI=1S/C25H26N2O/c1-18-10-4-5-13-21(18)25-26-22-14-6-7-15-23(22)27(25)16-9-17-28-24-19(2)11-8-12-20(24)3/h4-8,10-15H,9,16-17H2,1-3H3. The van der Waals surface area contributed by atoms with Crippen LogP contribution in [0.3, 0.4) is 0 Å². The van der Waals surface area contributed by atoms with Gasteiger partial charge in [0.2, 0.25) is 0 Å². The van der Waals surface area contributed by atoms with E-state index in [0.29, 0.717) is 6.61 Å². The van der Waals surface area contributed by atoms with Gasteiger partial charge in [0, 0.05) is 12.1 Å². The molecule has 0 radical (unpaired) electrons. The van der Waals surface area contributed by atoms with Crippen molar-refractivity contribution < 1.29 is 4.74 Å². The lowest BCUT2D eigenvalue weighted by atomic mass is 10.1. The molecular formula is C25H26N2O. The van der Waals surface area contributed by atoms with E-state index in [-0.39, 0.29) is 0 Å². The van der Waals surface area contributed by atoms with Gasteiger partial charge in [0.1, 0.15) is 11.6 Å². The average molecular weight is 370 g/mol. The van der Waals surface area contributed by atoms with Crippen molar-refractivity contribution in [1.82, 2.24) is 9.55 Å². The van der Waals surface area contributed by atoms with E-state index in [4.69, 9.17) is 9.72 Å². The van der Waals surface area contributed by atoms with E-state index in [0.717, 1.165) is 30.1 Å². The van der Waals surface area contributed by atoms with Crippen LogP contribution in [0.4, 0.5) is 0 Å². The highest BCUT2D eigenvalue weighted by atomic mass is 16.5. The van der Waals surface area contributed by atoms with Crippen molar-refractivity contribution in [3.05, 3.63) is 83.4 Å². The van der Waals surface area contributed by atoms with Crippen molar-refractivity contribution in [1.29, 1.82) is 0 Å². The molecule has 0 aliphatic heterocycles. The fourth-order valence-corrected chi connectivity index (χ4v) is 3.75. The summed E-state index contributed by atoms with van der Waals surface area (Å²) in [7, 11) is 0. The van der Waals surface area contributed by atoms with E-state index < -0.39 is 0 Å². The monoisotopic (exact) mass is 370 g/mol. The summed E-state index contributed by atoms with van der Waals surface area (Å²) >= 11 is 0. The van der Waals surface area contributed by atoms with Crippen molar-refractivity contribution in [2.24, 2.45) is 0 Å². The number of nitrogens with zero attached hydrogens (tertiary/aromatic N) is 2. The minimum Gasteiger partial charge on any atom is -0.493 e. The van der Waals surface area contributed by atoms with Crippen LogP contribution in [0.5, 0.6) is 5.75 Å². The molecule has 3 heteroatoms. The molecule has 4 aromatic rings. The quantitative estimate of drug-likeness (QED) is 0.384. The minimum atomic E-state index is 0.686. The van der Waals surface area contributed by atoms with Crippen LogP contribution >= 0.6 is 0 Å². The number of hydrogen-bond donors (Lipinski definition) is 0. The lowest BCUT2D eigenvalue weighted by Crippen LogP contribution is -2.07. The lowest BCUT2D eigenvalue weighted by Gasteiger charge is -2.14. The van der Waals surface area contributed by atoms with Gasteiger partial charge in [-0.15, -0.1) is 0 Å². The number of imidazole rings is 1. The number of aromatic nitrogens is 2. The zero-order valence-corrected chi connectivity index (χ0v) is 16.8. The fraction of sp³-hybridized carbons (Fsp3) is 0.240. The maximum Gasteiger partial charge on any atom is 0.141 e. The first kappa shape index (κ1) is 18.3. The Balaban J connectivity index is 1.58. The first-order chi connectivity index (χ1) is 13.6. The molecule has 0 amide bonds. The Morgan fingerprint density at radius 2 is 1.46 bits per heavy atom. The molecule has 0 aliphatic rings. The molecular weight excluding hydrogens is 344 g/mol. The van der Waals surface area contributed by atoms with Gasteiger partial charge in [-0.3, -0.25) is 0 Å². The average Bonchev–Trinajstić information content (AvgIpc) is 3.06. The van der Waals surface area contributed by atoms with Crippen LogP contribution < -0.4 is 4.74 Å². The molecule has 1 aromatic heterocycles. The van der Waals surface area contributed by atoms with Crippen LogP contribution in [0.1, 0.15) is 23.1 Å². The second-order valence-electron chi connectivity index (χ2n) is 7.31. The lowest BCUT2D eigenvalue weighted by molar-refractivity contribution is 0.299. The number of benzene rings is 3. The van der Waals surface area contributed by atoms with Gasteiger partial charge in [-0.05, 0) is 56.0 Å². The van der Waals surface area contributed by atoms with Gasteiger partial charge in [-0.25, -0.2) is 4.98 Å². The van der Waals surface area contributed by atoms with E-state index >= 15 is 0 Å². The summed E-state index contributed by atoms with van der Waals surface area (Å²) < 4.78 is 8.44. The molecule has 0 aliphatic carbocycles. The number of hydrogen-bond acceptors (Lipinski definition) is 2. The zero-order chi connectivity index (χ0) is 19.5. The van der Waals surface area contributed by atoms with E-state index in [1.165, 1.54) is 27.8 Å². The van der Waals surface area contributed by atoms with E-state index in [2.05, 4.69) is 86.0 Å². The molecule has 0 fully saturated rings. The largest absolute Gasteiger partial charge is 0.493 e. The Morgan fingerprint density at radius 1 is 0.786 bits per heavy atom. The highest BCUT2D eigenvalue weighted by molar-refractivity contribution is 5.81. The molecule has 1 heterocycles. The molecule has 3 nitrogen and oxygen atoms in total. The molecule has 4 rings (SSSR count). The van der Waals surface area contributed by atoms with Crippen molar-refractivity contribution in [3.63, 3.8) is 0 Å². The molecule has 0 atom stereocenters. The third kappa shape index (κ3) is 3.53. The first-order valence-electron chi connectivity index (χ1n) is 9.85. The van der Waals surface area contributed by atoms with Gasteiger partial charge in [-0.2, -0.15) is 0 Å². The van der Waals surface area contributed by atoms with Crippen LogP contribution in [0.2, 0.25) is 0 Å². The van der Waals surface area contributed by atoms with Gasteiger partial charge < -0.3 is 9.30 Å². The van der Waals surface area contributed by atoms with Gasteiger partial charge in [0.15, 0.2) is 0 Å². The molecule has 0 saturated heterocycles. The fourth-order valence-electron chi connectivity index (χ4n) is 3.75. The Kier molecular flexibility index (Phi) is 5.16. The smallest absolute Gasteiger partial charge is 0.141 e. The molecule has 0 saturated carbocycles. The second kappa shape index (κ2) is 7.89. The summed E-state index contributed by atoms with van der Waals surface area (Å²) in [5.41, 5.74) is 7.02. The molecule has 142 valence electrons. The van der Waals surface area contributed by atoms with Gasteiger partial charge in [0.25, 0.3) is 0 Å². The summed E-state index contributed by atoms with van der Waals surface area (Å²) in [6.45, 7) is 7.90. The summed E-state index contributed by atoms with van der Waals surface area (Å²) in [6, 6.07) is 23.1. The summed E-state index contributed by atoms with van der Waals surface area (Å²) in [5, 5.41) is 0. The highest BCUT2D eigenvalue weighted by Gasteiger charge is 2.14. The molecule has 28 heavy (non-hydrogen) atoms. The first-order valence-corrected chi connectivity index (χ1v) is 9.85. The second-order valence-corrected chi connectivity index (χ2v) is 7.31. The third-order valence-corrected chi connectivity index (χ3v) is 5.22. The third-order valence-electron chi connectivity index (χ3n) is 5.22. The maximum absolute atomic E-state index is 6.11. The SMILES string of the molecule is Cc1ccccc1-c1nc2ccccc2n1CCCOc1c(C)cccc1C. The predicted molar refractivity (Wildman–Crippen MR) is 116 cm³/mol. The van der Waals surface area contributed by atoms with Gasteiger partial charge >= 0.3 is 0 Å². The van der Waals surface area contributed by atoms with E-state index in [9.17, 15) is 0 Å². The molecule has 0 bridgehead atoms. The minimum absolute atomic E-state index is 0.686. The number of para-hydroxylation sites is 3. The molecule has 0 unspecified atom stereocenters. The molecule has 0 spiro atoms. The van der Waals surface area contributed by atoms with Gasteiger partial charge in [-0.1, -0.05) is 54.6 Å². The predicted octanol–water partition coefficient (Wildman–Crippen LogP) is 6.10. The van der Waals surface area contributed by atoms with Crippen LogP contribution in [-0.4, -0.2) is 16.2 Å². The topological polar surface area (TPSA) is 27.1 Å². The van der Waals surface area contributed by atoms with Crippen molar-refractivity contribution >= 4 is 11.0 Å². The van der Waals surface area contributed by atoms with Crippen molar-refractivity contribution in [3.8, 4) is 17.1 Å². The van der Waals surface area contributed by atoms with Crippen LogP contribution in [0.25, 0.3) is 22.4 Å².